The molecule has 110 valence electrons. The van der Waals surface area contributed by atoms with Gasteiger partial charge in [0.1, 0.15) is 5.82 Å². The number of nitrogens with two attached hydrogens (primary N) is 1. The Morgan fingerprint density at radius 3 is 2.60 bits per heavy atom. The average molecular weight is 277 g/mol. The lowest BCUT2D eigenvalue weighted by Crippen LogP contribution is -2.44. The summed E-state index contributed by atoms with van der Waals surface area (Å²) in [5.74, 6) is 5.96. The second-order valence-corrected chi connectivity index (χ2v) is 5.51. The van der Waals surface area contributed by atoms with Gasteiger partial charge in [-0.3, -0.25) is 4.79 Å². The lowest BCUT2D eigenvalue weighted by Gasteiger charge is -2.35. The standard InChI is InChI=1S/C14H23N5O/c1-10-8-11(9-13(16-10)17-15)14(20)19-6-4-12(5-7-19)18(2)3/h8-9,12H,4-7,15H2,1-3H3,(H,16,17). The summed E-state index contributed by atoms with van der Waals surface area (Å²) in [7, 11) is 4.18. The molecule has 1 aliphatic rings. The number of piperidine rings is 1. The molecular formula is C14H23N5O. The zero-order valence-electron chi connectivity index (χ0n) is 12.4. The summed E-state index contributed by atoms with van der Waals surface area (Å²) in [6.45, 7) is 3.46. The van der Waals surface area contributed by atoms with Crippen molar-refractivity contribution in [1.29, 1.82) is 0 Å². The molecule has 1 aromatic heterocycles. The highest BCUT2D eigenvalue weighted by atomic mass is 16.2. The summed E-state index contributed by atoms with van der Waals surface area (Å²) in [5, 5.41) is 0. The number of hydrogen-bond donors (Lipinski definition) is 2. The van der Waals surface area contributed by atoms with E-state index >= 15 is 0 Å². The van der Waals surface area contributed by atoms with E-state index in [-0.39, 0.29) is 5.91 Å². The highest BCUT2D eigenvalue weighted by Gasteiger charge is 2.24. The van der Waals surface area contributed by atoms with Crippen molar-refractivity contribution in [3.63, 3.8) is 0 Å². The van der Waals surface area contributed by atoms with Crippen molar-refractivity contribution in [2.24, 2.45) is 5.84 Å². The molecule has 6 heteroatoms. The van der Waals surface area contributed by atoms with Gasteiger partial charge in [0, 0.05) is 30.4 Å². The maximum absolute atomic E-state index is 12.5. The van der Waals surface area contributed by atoms with E-state index in [1.807, 2.05) is 11.8 Å². The van der Waals surface area contributed by atoms with E-state index in [2.05, 4.69) is 29.4 Å². The first-order valence-corrected chi connectivity index (χ1v) is 6.92. The summed E-state index contributed by atoms with van der Waals surface area (Å²) in [6.07, 6.45) is 2.04. The Kier molecular flexibility index (Phi) is 4.57. The molecule has 2 heterocycles. The van der Waals surface area contributed by atoms with Crippen LogP contribution < -0.4 is 11.3 Å². The molecule has 1 aliphatic heterocycles. The molecule has 6 nitrogen and oxygen atoms in total. The molecule has 0 radical (unpaired) electrons. The highest BCUT2D eigenvalue weighted by Crippen LogP contribution is 2.18. The normalized spacial score (nSPS) is 16.6. The molecular weight excluding hydrogens is 254 g/mol. The summed E-state index contributed by atoms with van der Waals surface area (Å²) < 4.78 is 0. The van der Waals surface area contributed by atoms with Crippen LogP contribution in [0.1, 0.15) is 28.9 Å². The Morgan fingerprint density at radius 2 is 2.05 bits per heavy atom. The van der Waals surface area contributed by atoms with Crippen molar-refractivity contribution in [2.75, 3.05) is 32.6 Å². The first-order chi connectivity index (χ1) is 9.51. The van der Waals surface area contributed by atoms with Crippen LogP contribution in [0.5, 0.6) is 0 Å². The van der Waals surface area contributed by atoms with Crippen LogP contribution in [0.4, 0.5) is 5.82 Å². The largest absolute Gasteiger partial charge is 0.339 e. The van der Waals surface area contributed by atoms with Crippen LogP contribution in [0.3, 0.4) is 0 Å². The van der Waals surface area contributed by atoms with E-state index in [0.717, 1.165) is 31.6 Å². The first-order valence-electron chi connectivity index (χ1n) is 6.92. The second kappa shape index (κ2) is 6.19. The van der Waals surface area contributed by atoms with Crippen LogP contribution in [0.15, 0.2) is 12.1 Å². The van der Waals surface area contributed by atoms with Crippen LogP contribution in [-0.4, -0.2) is 53.9 Å². The minimum Gasteiger partial charge on any atom is -0.339 e. The van der Waals surface area contributed by atoms with Crippen molar-refractivity contribution < 1.29 is 4.79 Å². The summed E-state index contributed by atoms with van der Waals surface area (Å²) in [6, 6.07) is 4.08. The number of aryl methyl sites for hydroxylation is 1. The second-order valence-electron chi connectivity index (χ2n) is 5.51. The van der Waals surface area contributed by atoms with Crippen LogP contribution >= 0.6 is 0 Å². The van der Waals surface area contributed by atoms with Gasteiger partial charge in [-0.15, -0.1) is 0 Å². The zero-order valence-corrected chi connectivity index (χ0v) is 12.4. The minimum atomic E-state index is 0.0595. The van der Waals surface area contributed by atoms with Gasteiger partial charge in [-0.05, 0) is 46.0 Å². The molecule has 0 atom stereocenters. The Balaban J connectivity index is 2.07. The Labute approximate surface area is 119 Å². The molecule has 3 N–H and O–H groups in total. The maximum Gasteiger partial charge on any atom is 0.254 e. The summed E-state index contributed by atoms with van der Waals surface area (Å²) >= 11 is 0. The molecule has 1 saturated heterocycles. The molecule has 0 aliphatic carbocycles. The lowest BCUT2D eigenvalue weighted by atomic mass is 10.0. The zero-order chi connectivity index (χ0) is 14.7. The lowest BCUT2D eigenvalue weighted by molar-refractivity contribution is 0.0663. The number of hydrazine groups is 1. The molecule has 1 fully saturated rings. The molecule has 1 aromatic rings. The van der Waals surface area contributed by atoms with E-state index in [0.29, 0.717) is 17.4 Å². The Hall–Kier alpha value is -1.66. The van der Waals surface area contributed by atoms with E-state index in [1.54, 1.807) is 12.1 Å². The van der Waals surface area contributed by atoms with E-state index in [9.17, 15) is 4.79 Å². The number of carbonyl (C=O) groups excluding carboxylic acids is 1. The molecule has 0 bridgehead atoms. The molecule has 0 spiro atoms. The van der Waals surface area contributed by atoms with Crippen LogP contribution in [0.25, 0.3) is 0 Å². The van der Waals surface area contributed by atoms with Crippen molar-refractivity contribution in [3.8, 4) is 0 Å². The fraction of sp³-hybridized carbons (Fsp3) is 0.571. The quantitative estimate of drug-likeness (QED) is 0.632. The van der Waals surface area contributed by atoms with Gasteiger partial charge in [0.15, 0.2) is 0 Å². The van der Waals surface area contributed by atoms with Crippen molar-refractivity contribution in [1.82, 2.24) is 14.8 Å². The molecule has 2 rings (SSSR count). The third-order valence-electron chi connectivity index (χ3n) is 3.83. The number of nitrogen functional groups attached to an aromatic ring is 1. The van der Waals surface area contributed by atoms with Crippen LogP contribution in [0, 0.1) is 6.92 Å². The molecule has 0 aromatic carbocycles. The number of anilines is 1. The third kappa shape index (κ3) is 3.26. The summed E-state index contributed by atoms with van der Waals surface area (Å²) in [4.78, 5) is 20.9. The van der Waals surface area contributed by atoms with E-state index in [1.165, 1.54) is 0 Å². The Morgan fingerprint density at radius 1 is 1.40 bits per heavy atom. The number of aromatic nitrogens is 1. The van der Waals surface area contributed by atoms with Crippen molar-refractivity contribution >= 4 is 11.7 Å². The molecule has 20 heavy (non-hydrogen) atoms. The van der Waals surface area contributed by atoms with E-state index < -0.39 is 0 Å². The predicted molar refractivity (Wildman–Crippen MR) is 79.4 cm³/mol. The number of nitrogens with one attached hydrogen (secondary N) is 1. The smallest absolute Gasteiger partial charge is 0.254 e. The minimum absolute atomic E-state index is 0.0595. The van der Waals surface area contributed by atoms with Crippen LogP contribution in [0.2, 0.25) is 0 Å². The predicted octanol–water partition coefficient (Wildman–Crippen LogP) is 0.842. The number of nitrogens with zero attached hydrogens (tertiary/aromatic N) is 3. The van der Waals surface area contributed by atoms with Crippen molar-refractivity contribution in [2.45, 2.75) is 25.8 Å². The molecule has 0 unspecified atom stereocenters. The number of amides is 1. The highest BCUT2D eigenvalue weighted by molar-refractivity contribution is 5.95. The number of carbonyl (C=O) groups is 1. The summed E-state index contributed by atoms with van der Waals surface area (Å²) in [5.41, 5.74) is 3.93. The Bertz CT molecular complexity index is 480. The van der Waals surface area contributed by atoms with Gasteiger partial charge in [0.25, 0.3) is 5.91 Å². The monoisotopic (exact) mass is 277 g/mol. The number of hydrogen-bond acceptors (Lipinski definition) is 5. The topological polar surface area (TPSA) is 74.5 Å². The van der Waals surface area contributed by atoms with Gasteiger partial charge in [-0.1, -0.05) is 0 Å². The first kappa shape index (κ1) is 14.7. The van der Waals surface area contributed by atoms with Crippen molar-refractivity contribution in [3.05, 3.63) is 23.4 Å². The fourth-order valence-electron chi connectivity index (χ4n) is 2.63. The van der Waals surface area contributed by atoms with Gasteiger partial charge >= 0.3 is 0 Å². The number of likely N-dealkylation sites (tertiary alicyclic amines) is 1. The molecule has 0 saturated carbocycles. The third-order valence-corrected chi connectivity index (χ3v) is 3.83. The van der Waals surface area contributed by atoms with Gasteiger partial charge in [0.05, 0.1) is 0 Å². The van der Waals surface area contributed by atoms with Gasteiger partial charge < -0.3 is 15.2 Å². The molecule has 1 amide bonds. The fourth-order valence-corrected chi connectivity index (χ4v) is 2.63. The average Bonchev–Trinajstić information content (AvgIpc) is 2.45. The van der Waals surface area contributed by atoms with Gasteiger partial charge in [-0.25, -0.2) is 10.8 Å². The van der Waals surface area contributed by atoms with Gasteiger partial charge in [-0.2, -0.15) is 0 Å². The van der Waals surface area contributed by atoms with E-state index in [4.69, 9.17) is 5.84 Å². The number of pyridine rings is 1. The SMILES string of the molecule is Cc1cc(C(=O)N2CCC(N(C)C)CC2)cc(NN)n1. The number of rotatable bonds is 3. The van der Waals surface area contributed by atoms with Gasteiger partial charge in [0.2, 0.25) is 0 Å². The maximum atomic E-state index is 12.5. The van der Waals surface area contributed by atoms with Crippen LogP contribution in [-0.2, 0) is 0 Å².